The average Bonchev–Trinajstić information content (AvgIpc) is 2.98. The number of pyridine rings is 2. The molecule has 4 aromatic rings. The zero-order valence-electron chi connectivity index (χ0n) is 21.7. The summed E-state index contributed by atoms with van der Waals surface area (Å²) in [4.78, 5) is 11.8. The Balaban J connectivity index is 1.13. The van der Waals surface area contributed by atoms with Gasteiger partial charge in [0.1, 0.15) is 5.82 Å². The molecule has 6 rings (SSSR count). The van der Waals surface area contributed by atoms with Gasteiger partial charge in [-0.05, 0) is 79.8 Å². The fourth-order valence-corrected chi connectivity index (χ4v) is 6.01. The molecule has 0 unspecified atom stereocenters. The second kappa shape index (κ2) is 11.2. The van der Waals surface area contributed by atoms with Gasteiger partial charge in [-0.25, -0.2) is 4.98 Å². The van der Waals surface area contributed by atoms with Crippen molar-refractivity contribution in [2.24, 2.45) is 0 Å². The summed E-state index contributed by atoms with van der Waals surface area (Å²) in [7, 11) is 0. The summed E-state index contributed by atoms with van der Waals surface area (Å²) in [5, 5.41) is 18.1. The number of piperidine rings is 1. The van der Waals surface area contributed by atoms with Gasteiger partial charge in [-0.15, -0.1) is 0 Å². The SMILES string of the molecule is N#Cc1ccc(N2CCC[C@H](N[C@@H]3CCCC[C@H]3Nc3cc(-c4cnc5ccccc5c4)ccn3)C2)cc1. The van der Waals surface area contributed by atoms with Gasteiger partial charge in [-0.3, -0.25) is 4.98 Å². The zero-order valence-corrected chi connectivity index (χ0v) is 21.7. The zero-order chi connectivity index (χ0) is 25.7. The minimum absolute atomic E-state index is 0.353. The number of para-hydroxylation sites is 1. The Hall–Kier alpha value is -3.95. The van der Waals surface area contributed by atoms with Crippen molar-refractivity contribution in [1.29, 1.82) is 5.26 Å². The smallest absolute Gasteiger partial charge is 0.126 e. The van der Waals surface area contributed by atoms with E-state index in [1.807, 2.05) is 36.7 Å². The van der Waals surface area contributed by atoms with Crippen molar-refractivity contribution in [2.75, 3.05) is 23.3 Å². The van der Waals surface area contributed by atoms with Crippen LogP contribution in [0.1, 0.15) is 44.1 Å². The maximum Gasteiger partial charge on any atom is 0.126 e. The van der Waals surface area contributed by atoms with Crippen molar-refractivity contribution in [3.63, 3.8) is 0 Å². The first kappa shape index (κ1) is 24.4. The summed E-state index contributed by atoms with van der Waals surface area (Å²) in [6.45, 7) is 2.06. The minimum atomic E-state index is 0.353. The van der Waals surface area contributed by atoms with Crippen LogP contribution >= 0.6 is 0 Å². The minimum Gasteiger partial charge on any atom is -0.370 e. The molecule has 6 nitrogen and oxygen atoms in total. The molecule has 2 N–H and O–H groups in total. The van der Waals surface area contributed by atoms with Gasteiger partial charge < -0.3 is 15.5 Å². The van der Waals surface area contributed by atoms with Crippen LogP contribution in [0.5, 0.6) is 0 Å². The van der Waals surface area contributed by atoms with Crippen molar-refractivity contribution < 1.29 is 0 Å². The molecule has 1 aliphatic heterocycles. The summed E-state index contributed by atoms with van der Waals surface area (Å²) < 4.78 is 0. The van der Waals surface area contributed by atoms with E-state index >= 15 is 0 Å². The Labute approximate surface area is 224 Å². The molecule has 0 bridgehead atoms. The van der Waals surface area contributed by atoms with Crippen LogP contribution in [0, 0.1) is 11.3 Å². The van der Waals surface area contributed by atoms with Gasteiger partial charge in [0, 0.05) is 60.2 Å². The van der Waals surface area contributed by atoms with E-state index in [1.54, 1.807) is 0 Å². The van der Waals surface area contributed by atoms with Gasteiger partial charge in [0.2, 0.25) is 0 Å². The highest BCUT2D eigenvalue weighted by molar-refractivity contribution is 5.83. The molecule has 1 saturated carbocycles. The number of fused-ring (bicyclic) bond motifs is 1. The standard InChI is InChI=1S/C32H34N6/c33-20-23-11-13-28(14-12-23)38-17-5-7-27(22-38)36-30-9-3-4-10-31(30)37-32-19-24(15-16-34-32)26-18-25-6-1-2-8-29(25)35-21-26/h1-2,6,8,11-16,18-19,21,27,30-31,36H,3-5,7,9-10,17,22H2,(H,34,37)/t27-,30+,31+/m0/s1. The Morgan fingerprint density at radius 3 is 2.55 bits per heavy atom. The molecule has 38 heavy (non-hydrogen) atoms. The number of benzene rings is 2. The lowest BCUT2D eigenvalue weighted by Gasteiger charge is -2.40. The van der Waals surface area contributed by atoms with E-state index in [-0.39, 0.29) is 0 Å². The lowest BCUT2D eigenvalue weighted by Crippen LogP contribution is -2.54. The monoisotopic (exact) mass is 502 g/mol. The van der Waals surface area contributed by atoms with E-state index in [1.165, 1.54) is 37.8 Å². The molecule has 2 aliphatic rings. The lowest BCUT2D eigenvalue weighted by molar-refractivity contribution is 0.293. The molecule has 2 aromatic carbocycles. The second-order valence-corrected chi connectivity index (χ2v) is 10.6. The number of anilines is 2. The third kappa shape index (κ3) is 5.49. The fourth-order valence-electron chi connectivity index (χ4n) is 6.01. The molecule has 3 heterocycles. The van der Waals surface area contributed by atoms with Crippen LogP contribution in [0.3, 0.4) is 0 Å². The van der Waals surface area contributed by atoms with Crippen LogP contribution < -0.4 is 15.5 Å². The lowest BCUT2D eigenvalue weighted by atomic mass is 9.89. The first-order chi connectivity index (χ1) is 18.7. The second-order valence-electron chi connectivity index (χ2n) is 10.6. The molecule has 6 heteroatoms. The third-order valence-corrected chi connectivity index (χ3v) is 8.02. The maximum atomic E-state index is 9.12. The number of nitrogens with one attached hydrogen (secondary N) is 2. The van der Waals surface area contributed by atoms with E-state index in [0.29, 0.717) is 23.7 Å². The Morgan fingerprint density at radius 1 is 0.842 bits per heavy atom. The van der Waals surface area contributed by atoms with Crippen molar-refractivity contribution in [2.45, 2.75) is 56.7 Å². The predicted molar refractivity (Wildman–Crippen MR) is 154 cm³/mol. The van der Waals surface area contributed by atoms with Crippen LogP contribution in [0.4, 0.5) is 11.5 Å². The molecule has 3 atom stereocenters. The van der Waals surface area contributed by atoms with Gasteiger partial charge in [0.25, 0.3) is 0 Å². The molecule has 2 aromatic heterocycles. The number of hydrogen-bond acceptors (Lipinski definition) is 6. The largest absolute Gasteiger partial charge is 0.370 e. The van der Waals surface area contributed by atoms with Crippen molar-refractivity contribution in [1.82, 2.24) is 15.3 Å². The van der Waals surface area contributed by atoms with Crippen molar-refractivity contribution in [3.8, 4) is 17.2 Å². The molecular formula is C32H34N6. The summed E-state index contributed by atoms with van der Waals surface area (Å²) in [6, 6.07) is 26.1. The summed E-state index contributed by atoms with van der Waals surface area (Å²) in [5.41, 5.74) is 5.17. The van der Waals surface area contributed by atoms with Crippen molar-refractivity contribution >= 4 is 22.4 Å². The number of aromatic nitrogens is 2. The summed E-state index contributed by atoms with van der Waals surface area (Å²) in [6.07, 6.45) is 11.0. The highest BCUT2D eigenvalue weighted by Gasteiger charge is 2.29. The number of nitrogens with zero attached hydrogens (tertiary/aromatic N) is 4. The van der Waals surface area contributed by atoms with E-state index in [0.717, 1.165) is 47.4 Å². The Kier molecular flexibility index (Phi) is 7.19. The maximum absolute atomic E-state index is 9.12. The van der Waals surface area contributed by atoms with Gasteiger partial charge in [0.15, 0.2) is 0 Å². The quantitative estimate of drug-likeness (QED) is 0.329. The van der Waals surface area contributed by atoms with E-state index in [4.69, 9.17) is 5.26 Å². The van der Waals surface area contributed by atoms with Gasteiger partial charge in [0.05, 0.1) is 17.1 Å². The average molecular weight is 503 g/mol. The van der Waals surface area contributed by atoms with Crippen LogP contribution in [0.2, 0.25) is 0 Å². The normalized spacial score (nSPS) is 21.7. The topological polar surface area (TPSA) is 76.9 Å². The van der Waals surface area contributed by atoms with Gasteiger partial charge in [-0.2, -0.15) is 5.26 Å². The van der Waals surface area contributed by atoms with E-state index in [2.05, 4.69) is 74.0 Å². The van der Waals surface area contributed by atoms with Gasteiger partial charge in [-0.1, -0.05) is 31.0 Å². The molecule has 0 amide bonds. The molecule has 1 aliphatic carbocycles. The number of rotatable bonds is 6. The number of hydrogen-bond donors (Lipinski definition) is 2. The highest BCUT2D eigenvalue weighted by atomic mass is 15.2. The summed E-state index contributed by atoms with van der Waals surface area (Å²) in [5.74, 6) is 0.928. The Morgan fingerprint density at radius 2 is 1.68 bits per heavy atom. The van der Waals surface area contributed by atoms with Crippen LogP contribution in [0.25, 0.3) is 22.0 Å². The first-order valence-corrected chi connectivity index (χ1v) is 13.8. The number of nitriles is 1. The fraction of sp³-hybridized carbons (Fsp3) is 0.344. The molecule has 1 saturated heterocycles. The molecule has 192 valence electrons. The Bertz CT molecular complexity index is 1430. The van der Waals surface area contributed by atoms with E-state index < -0.39 is 0 Å². The molecular weight excluding hydrogens is 468 g/mol. The highest BCUT2D eigenvalue weighted by Crippen LogP contribution is 2.28. The van der Waals surface area contributed by atoms with Crippen LogP contribution in [-0.2, 0) is 0 Å². The molecule has 0 spiro atoms. The van der Waals surface area contributed by atoms with Gasteiger partial charge >= 0.3 is 0 Å². The van der Waals surface area contributed by atoms with E-state index in [9.17, 15) is 0 Å². The first-order valence-electron chi connectivity index (χ1n) is 13.8. The van der Waals surface area contributed by atoms with Crippen LogP contribution in [-0.4, -0.2) is 41.2 Å². The van der Waals surface area contributed by atoms with Crippen molar-refractivity contribution in [3.05, 3.63) is 84.7 Å². The molecule has 2 fully saturated rings. The predicted octanol–water partition coefficient (Wildman–Crippen LogP) is 6.15. The molecule has 0 radical (unpaired) electrons. The van der Waals surface area contributed by atoms with Crippen LogP contribution in [0.15, 0.2) is 79.1 Å². The summed E-state index contributed by atoms with van der Waals surface area (Å²) >= 11 is 0. The third-order valence-electron chi connectivity index (χ3n) is 8.02.